The average Bonchev–Trinajstić information content (AvgIpc) is 3.04. The van der Waals surface area contributed by atoms with E-state index < -0.39 is 28.7 Å². The van der Waals surface area contributed by atoms with Crippen LogP contribution in [0.15, 0.2) is 48.5 Å². The van der Waals surface area contributed by atoms with Crippen molar-refractivity contribution in [1.29, 1.82) is 0 Å². The van der Waals surface area contributed by atoms with Crippen molar-refractivity contribution in [2.45, 2.75) is 19.4 Å². The lowest BCUT2D eigenvalue weighted by Crippen LogP contribution is -2.27. The summed E-state index contributed by atoms with van der Waals surface area (Å²) in [6.45, 7) is 1.63. The van der Waals surface area contributed by atoms with Crippen molar-refractivity contribution in [2.75, 3.05) is 11.4 Å². The summed E-state index contributed by atoms with van der Waals surface area (Å²) in [4.78, 5) is 36.2. The number of nitro groups is 1. The van der Waals surface area contributed by atoms with Gasteiger partial charge in [0.2, 0.25) is 5.91 Å². The van der Waals surface area contributed by atoms with Crippen molar-refractivity contribution in [1.82, 2.24) is 0 Å². The predicted octanol–water partition coefficient (Wildman–Crippen LogP) is 3.39. The molecule has 7 nitrogen and oxygen atoms in total. The summed E-state index contributed by atoms with van der Waals surface area (Å²) in [7, 11) is 0. The number of hydrogen-bond acceptors (Lipinski definition) is 5. The second-order valence-electron chi connectivity index (χ2n) is 6.29. The highest BCUT2D eigenvalue weighted by Gasteiger charge is 2.37. The molecule has 140 valence electrons. The maximum Gasteiger partial charge on any atom is 0.311 e. The molecule has 0 bridgehead atoms. The van der Waals surface area contributed by atoms with E-state index in [-0.39, 0.29) is 30.2 Å². The quantitative estimate of drug-likeness (QED) is 0.456. The van der Waals surface area contributed by atoms with E-state index in [9.17, 15) is 24.1 Å². The van der Waals surface area contributed by atoms with Gasteiger partial charge in [0.05, 0.1) is 16.5 Å². The molecule has 1 aliphatic rings. The number of carbonyl (C=O) groups is 2. The minimum atomic E-state index is -0.724. The number of benzene rings is 2. The molecule has 0 aliphatic carbocycles. The van der Waals surface area contributed by atoms with E-state index in [0.717, 1.165) is 0 Å². The first-order valence-corrected chi connectivity index (χ1v) is 8.36. The van der Waals surface area contributed by atoms with Gasteiger partial charge >= 0.3 is 5.97 Å². The fourth-order valence-corrected chi connectivity index (χ4v) is 3.00. The van der Waals surface area contributed by atoms with E-state index >= 15 is 0 Å². The normalized spacial score (nSPS) is 17.6. The highest BCUT2D eigenvalue weighted by molar-refractivity contribution is 5.99. The summed E-state index contributed by atoms with van der Waals surface area (Å²) in [5.41, 5.74) is 0.509. The van der Waals surface area contributed by atoms with Crippen LogP contribution in [0.2, 0.25) is 0 Å². The standard InChI is InChI=1S/C19H17FN2O5/c1-12(13-5-4-6-15(9-13)22(25)26)27-19(24)14-10-18(23)21(11-14)17-8-3-2-7-16(17)20/h2-9,12,14H,10-11H2,1H3/t12-,14+/m0/s1. The van der Waals surface area contributed by atoms with Gasteiger partial charge in [0, 0.05) is 25.1 Å². The number of rotatable bonds is 5. The second kappa shape index (κ2) is 7.53. The van der Waals surface area contributed by atoms with E-state index in [1.807, 2.05) is 0 Å². The van der Waals surface area contributed by atoms with Crippen molar-refractivity contribution < 1.29 is 23.6 Å². The summed E-state index contributed by atoms with van der Waals surface area (Å²) < 4.78 is 19.3. The first kappa shape index (κ1) is 18.5. The Kier molecular flexibility index (Phi) is 5.16. The number of nitro benzene ring substituents is 1. The summed E-state index contributed by atoms with van der Waals surface area (Å²) >= 11 is 0. The Hall–Kier alpha value is -3.29. The monoisotopic (exact) mass is 372 g/mol. The molecule has 0 saturated carbocycles. The largest absolute Gasteiger partial charge is 0.458 e. The number of non-ortho nitro benzene ring substituents is 1. The number of esters is 1. The number of carbonyl (C=O) groups excluding carboxylic acids is 2. The van der Waals surface area contributed by atoms with Crippen LogP contribution in [0.3, 0.4) is 0 Å². The Morgan fingerprint density at radius 1 is 1.30 bits per heavy atom. The van der Waals surface area contributed by atoms with Gasteiger partial charge in [-0.3, -0.25) is 19.7 Å². The molecular formula is C19H17FN2O5. The van der Waals surface area contributed by atoms with E-state index in [1.165, 1.54) is 41.3 Å². The fraction of sp³-hybridized carbons (Fsp3) is 0.263. The molecule has 0 N–H and O–H groups in total. The predicted molar refractivity (Wildman–Crippen MR) is 94.5 cm³/mol. The van der Waals surface area contributed by atoms with E-state index in [1.54, 1.807) is 19.1 Å². The van der Waals surface area contributed by atoms with E-state index in [0.29, 0.717) is 5.56 Å². The SMILES string of the molecule is C[C@H](OC(=O)[C@@H]1CC(=O)N(c2ccccc2F)C1)c1cccc([N+](=O)[O-])c1. The van der Waals surface area contributed by atoms with Gasteiger partial charge < -0.3 is 9.64 Å². The lowest BCUT2D eigenvalue weighted by Gasteiger charge is -2.18. The molecule has 2 atom stereocenters. The lowest BCUT2D eigenvalue weighted by molar-refractivity contribution is -0.385. The number of ether oxygens (including phenoxy) is 1. The zero-order valence-electron chi connectivity index (χ0n) is 14.5. The van der Waals surface area contributed by atoms with Crippen LogP contribution in [0.25, 0.3) is 0 Å². The van der Waals surface area contributed by atoms with Gasteiger partial charge in [0.1, 0.15) is 11.9 Å². The maximum atomic E-state index is 13.9. The summed E-state index contributed by atoms with van der Waals surface area (Å²) in [5.74, 6) is -2.21. The fourth-order valence-electron chi connectivity index (χ4n) is 3.00. The Labute approximate surface area is 154 Å². The van der Waals surface area contributed by atoms with Gasteiger partial charge in [-0.25, -0.2) is 4.39 Å². The Balaban J connectivity index is 1.68. The van der Waals surface area contributed by atoms with Crippen molar-refractivity contribution in [3.8, 4) is 0 Å². The number of nitrogens with zero attached hydrogens (tertiary/aromatic N) is 2. The summed E-state index contributed by atoms with van der Waals surface area (Å²) in [6, 6.07) is 11.7. The summed E-state index contributed by atoms with van der Waals surface area (Å²) in [5, 5.41) is 10.9. The molecule has 27 heavy (non-hydrogen) atoms. The molecule has 3 rings (SSSR count). The molecule has 1 aliphatic heterocycles. The van der Waals surface area contributed by atoms with Crippen LogP contribution in [0.5, 0.6) is 0 Å². The number of amides is 1. The third-order valence-electron chi connectivity index (χ3n) is 4.44. The van der Waals surface area contributed by atoms with Crippen molar-refractivity contribution in [3.05, 3.63) is 70.0 Å². The van der Waals surface area contributed by atoms with Crippen LogP contribution in [0, 0.1) is 21.8 Å². The third-order valence-corrected chi connectivity index (χ3v) is 4.44. The molecule has 0 radical (unpaired) electrons. The molecular weight excluding hydrogens is 355 g/mol. The lowest BCUT2D eigenvalue weighted by atomic mass is 10.1. The molecule has 8 heteroatoms. The van der Waals surface area contributed by atoms with Gasteiger partial charge in [0.15, 0.2) is 0 Å². The number of hydrogen-bond donors (Lipinski definition) is 0. The molecule has 1 heterocycles. The topological polar surface area (TPSA) is 89.8 Å². The van der Waals surface area contributed by atoms with Gasteiger partial charge in [-0.1, -0.05) is 24.3 Å². The molecule has 1 fully saturated rings. The van der Waals surface area contributed by atoms with Crippen LogP contribution >= 0.6 is 0 Å². The summed E-state index contributed by atoms with van der Waals surface area (Å²) in [6.07, 6.45) is -0.788. The zero-order chi connectivity index (χ0) is 19.6. The molecule has 1 amide bonds. The number of para-hydroxylation sites is 1. The average molecular weight is 372 g/mol. The highest BCUT2D eigenvalue weighted by Crippen LogP contribution is 2.29. The van der Waals surface area contributed by atoms with Crippen LogP contribution in [0.4, 0.5) is 15.8 Å². The maximum absolute atomic E-state index is 13.9. The Bertz CT molecular complexity index is 901. The third kappa shape index (κ3) is 3.94. The molecule has 1 saturated heterocycles. The zero-order valence-corrected chi connectivity index (χ0v) is 14.5. The molecule has 2 aromatic rings. The minimum absolute atomic E-state index is 0.0280. The first-order valence-electron chi connectivity index (χ1n) is 8.36. The van der Waals surface area contributed by atoms with Gasteiger partial charge in [-0.2, -0.15) is 0 Å². The second-order valence-corrected chi connectivity index (χ2v) is 6.29. The van der Waals surface area contributed by atoms with Gasteiger partial charge in [0.25, 0.3) is 5.69 Å². The van der Waals surface area contributed by atoms with Crippen molar-refractivity contribution >= 4 is 23.3 Å². The number of anilines is 1. The highest BCUT2D eigenvalue weighted by atomic mass is 19.1. The van der Waals surface area contributed by atoms with Crippen LogP contribution < -0.4 is 4.90 Å². The van der Waals surface area contributed by atoms with E-state index in [2.05, 4.69) is 0 Å². The van der Waals surface area contributed by atoms with Crippen molar-refractivity contribution in [2.24, 2.45) is 5.92 Å². The van der Waals surface area contributed by atoms with Gasteiger partial charge in [-0.05, 0) is 24.6 Å². The molecule has 2 aromatic carbocycles. The van der Waals surface area contributed by atoms with Crippen LogP contribution in [-0.2, 0) is 14.3 Å². The van der Waals surface area contributed by atoms with Crippen LogP contribution in [0.1, 0.15) is 25.0 Å². The van der Waals surface area contributed by atoms with Crippen molar-refractivity contribution in [3.63, 3.8) is 0 Å². The number of halogens is 1. The smallest absolute Gasteiger partial charge is 0.311 e. The molecule has 0 unspecified atom stereocenters. The van der Waals surface area contributed by atoms with Gasteiger partial charge in [-0.15, -0.1) is 0 Å². The molecule has 0 aromatic heterocycles. The van der Waals surface area contributed by atoms with Crippen LogP contribution in [-0.4, -0.2) is 23.3 Å². The Morgan fingerprint density at radius 3 is 2.74 bits per heavy atom. The first-order chi connectivity index (χ1) is 12.9. The molecule has 0 spiro atoms. The minimum Gasteiger partial charge on any atom is -0.458 e. The Morgan fingerprint density at radius 2 is 2.04 bits per heavy atom. The van der Waals surface area contributed by atoms with E-state index in [4.69, 9.17) is 4.74 Å².